The highest BCUT2D eigenvalue weighted by Gasteiger charge is 2.22. The summed E-state index contributed by atoms with van der Waals surface area (Å²) in [6.45, 7) is 5.26. The molecule has 1 fully saturated rings. The first-order valence-electron chi connectivity index (χ1n) is 9.65. The second kappa shape index (κ2) is 7.09. The molecule has 0 radical (unpaired) electrons. The van der Waals surface area contributed by atoms with Crippen molar-refractivity contribution in [1.29, 1.82) is 0 Å². The third-order valence-corrected chi connectivity index (χ3v) is 5.12. The Bertz CT molecular complexity index is 1100. The van der Waals surface area contributed by atoms with E-state index in [0.29, 0.717) is 0 Å². The molecule has 0 aliphatic carbocycles. The number of aryl methyl sites for hydroxylation is 1. The fourth-order valence-electron chi connectivity index (χ4n) is 3.78. The van der Waals surface area contributed by atoms with Crippen LogP contribution in [0.4, 0.5) is 5.82 Å². The molecule has 140 valence electrons. The number of imidazole rings is 1. The first-order valence-corrected chi connectivity index (χ1v) is 9.65. The lowest BCUT2D eigenvalue weighted by molar-refractivity contribution is 0.122. The Kier molecular flexibility index (Phi) is 4.29. The van der Waals surface area contributed by atoms with Crippen LogP contribution in [0.2, 0.25) is 0 Å². The van der Waals surface area contributed by atoms with Gasteiger partial charge < -0.3 is 9.64 Å². The molecule has 0 saturated carbocycles. The van der Waals surface area contributed by atoms with Crippen molar-refractivity contribution >= 4 is 11.5 Å². The van der Waals surface area contributed by atoms with E-state index in [4.69, 9.17) is 14.7 Å². The van der Waals surface area contributed by atoms with Crippen LogP contribution in [0.15, 0.2) is 66.7 Å². The number of hydrogen-bond acceptors (Lipinski definition) is 4. The molecule has 0 unspecified atom stereocenters. The van der Waals surface area contributed by atoms with Crippen molar-refractivity contribution in [1.82, 2.24) is 14.4 Å². The van der Waals surface area contributed by atoms with Crippen molar-refractivity contribution in [3.8, 4) is 22.6 Å². The van der Waals surface area contributed by atoms with E-state index in [2.05, 4.69) is 51.8 Å². The van der Waals surface area contributed by atoms with Gasteiger partial charge in [-0.05, 0) is 6.92 Å². The monoisotopic (exact) mass is 370 g/mol. The van der Waals surface area contributed by atoms with Crippen molar-refractivity contribution in [2.24, 2.45) is 0 Å². The lowest BCUT2D eigenvalue weighted by Gasteiger charge is -2.30. The van der Waals surface area contributed by atoms with Crippen LogP contribution in [0.5, 0.6) is 0 Å². The SMILES string of the molecule is Cc1cc(N2CCOCC2)n2c(-c3ccccc3)nc(-c3ccccc3)c2n1. The number of fused-ring (bicyclic) bond motifs is 1. The molecular weight excluding hydrogens is 348 g/mol. The average Bonchev–Trinajstić information content (AvgIpc) is 3.14. The minimum atomic E-state index is 0.740. The molecule has 28 heavy (non-hydrogen) atoms. The lowest BCUT2D eigenvalue weighted by Crippen LogP contribution is -2.37. The standard InChI is InChI=1S/C23H22N4O/c1-17-16-20(26-12-14-28-15-13-26)27-22(19-10-6-3-7-11-19)25-21(23(27)24-17)18-8-4-2-5-9-18/h2-11,16H,12-15H2,1H3. The highest BCUT2D eigenvalue weighted by molar-refractivity contribution is 5.81. The number of aromatic nitrogens is 3. The zero-order chi connectivity index (χ0) is 18.9. The number of rotatable bonds is 3. The first kappa shape index (κ1) is 17.0. The normalized spacial score (nSPS) is 14.5. The molecule has 3 heterocycles. The Labute approximate surface area is 164 Å². The van der Waals surface area contributed by atoms with Gasteiger partial charge in [-0.1, -0.05) is 60.7 Å². The van der Waals surface area contributed by atoms with Crippen LogP contribution in [0, 0.1) is 6.92 Å². The molecule has 5 nitrogen and oxygen atoms in total. The number of morpholine rings is 1. The maximum Gasteiger partial charge on any atom is 0.167 e. The molecule has 0 amide bonds. The molecule has 5 heteroatoms. The molecule has 2 aromatic heterocycles. The van der Waals surface area contributed by atoms with Crippen LogP contribution in [-0.2, 0) is 4.74 Å². The van der Waals surface area contributed by atoms with E-state index in [1.807, 2.05) is 31.2 Å². The highest BCUT2D eigenvalue weighted by atomic mass is 16.5. The first-order chi connectivity index (χ1) is 13.8. The van der Waals surface area contributed by atoms with Gasteiger partial charge in [-0.3, -0.25) is 4.40 Å². The van der Waals surface area contributed by atoms with Crippen molar-refractivity contribution in [2.45, 2.75) is 6.92 Å². The van der Waals surface area contributed by atoms with Crippen LogP contribution in [0.1, 0.15) is 5.69 Å². The second-order valence-corrected chi connectivity index (χ2v) is 7.03. The molecule has 2 aromatic carbocycles. The van der Waals surface area contributed by atoms with Gasteiger partial charge in [0.1, 0.15) is 17.3 Å². The van der Waals surface area contributed by atoms with Crippen LogP contribution < -0.4 is 4.90 Å². The molecule has 0 N–H and O–H groups in total. The van der Waals surface area contributed by atoms with Gasteiger partial charge in [-0.25, -0.2) is 9.97 Å². The van der Waals surface area contributed by atoms with Gasteiger partial charge in [0, 0.05) is 36.0 Å². The minimum absolute atomic E-state index is 0.740. The lowest BCUT2D eigenvalue weighted by atomic mass is 10.1. The second-order valence-electron chi connectivity index (χ2n) is 7.03. The van der Waals surface area contributed by atoms with Crippen LogP contribution in [0.25, 0.3) is 28.3 Å². The molecular formula is C23H22N4O. The summed E-state index contributed by atoms with van der Waals surface area (Å²) < 4.78 is 7.78. The fourth-order valence-corrected chi connectivity index (χ4v) is 3.78. The van der Waals surface area contributed by atoms with Gasteiger partial charge in [-0.15, -0.1) is 0 Å². The summed E-state index contributed by atoms with van der Waals surface area (Å²) >= 11 is 0. The van der Waals surface area contributed by atoms with E-state index >= 15 is 0 Å². The van der Waals surface area contributed by atoms with Gasteiger partial charge in [0.05, 0.1) is 13.2 Å². The van der Waals surface area contributed by atoms with Crippen LogP contribution in [0.3, 0.4) is 0 Å². The quantitative estimate of drug-likeness (QED) is 0.542. The predicted octanol–water partition coefficient (Wildman–Crippen LogP) is 4.21. The molecule has 0 spiro atoms. The topological polar surface area (TPSA) is 42.7 Å². The fraction of sp³-hybridized carbons (Fsp3) is 0.217. The molecule has 5 rings (SSSR count). The zero-order valence-corrected chi connectivity index (χ0v) is 15.9. The summed E-state index contributed by atoms with van der Waals surface area (Å²) in [7, 11) is 0. The summed E-state index contributed by atoms with van der Waals surface area (Å²) in [6.07, 6.45) is 0. The summed E-state index contributed by atoms with van der Waals surface area (Å²) in [6, 6.07) is 22.8. The molecule has 1 aliphatic rings. The number of hydrogen-bond donors (Lipinski definition) is 0. The number of nitrogens with zero attached hydrogens (tertiary/aromatic N) is 4. The van der Waals surface area contributed by atoms with Crippen molar-refractivity contribution in [3.63, 3.8) is 0 Å². The van der Waals surface area contributed by atoms with E-state index in [-0.39, 0.29) is 0 Å². The summed E-state index contributed by atoms with van der Waals surface area (Å²) in [5.41, 5.74) is 4.96. The summed E-state index contributed by atoms with van der Waals surface area (Å²) in [4.78, 5) is 12.3. The highest BCUT2D eigenvalue weighted by Crippen LogP contribution is 2.33. The Hall–Kier alpha value is -3.18. The Morgan fingerprint density at radius 2 is 1.46 bits per heavy atom. The van der Waals surface area contributed by atoms with Gasteiger partial charge >= 0.3 is 0 Å². The van der Waals surface area contributed by atoms with Gasteiger partial charge in [-0.2, -0.15) is 0 Å². The van der Waals surface area contributed by atoms with E-state index < -0.39 is 0 Å². The summed E-state index contributed by atoms with van der Waals surface area (Å²) in [5.74, 6) is 2.04. The van der Waals surface area contributed by atoms with Gasteiger partial charge in [0.25, 0.3) is 0 Å². The minimum Gasteiger partial charge on any atom is -0.378 e. The van der Waals surface area contributed by atoms with Crippen LogP contribution >= 0.6 is 0 Å². The van der Waals surface area contributed by atoms with E-state index in [9.17, 15) is 0 Å². The van der Waals surface area contributed by atoms with E-state index in [1.54, 1.807) is 0 Å². The smallest absolute Gasteiger partial charge is 0.167 e. The Balaban J connectivity index is 1.82. The maximum absolute atomic E-state index is 5.57. The van der Waals surface area contributed by atoms with Gasteiger partial charge in [0.2, 0.25) is 0 Å². The van der Waals surface area contributed by atoms with E-state index in [1.165, 1.54) is 0 Å². The number of anilines is 1. The molecule has 0 bridgehead atoms. The third-order valence-electron chi connectivity index (χ3n) is 5.12. The maximum atomic E-state index is 5.57. The molecule has 1 saturated heterocycles. The molecule has 1 aliphatic heterocycles. The zero-order valence-electron chi connectivity index (χ0n) is 15.9. The predicted molar refractivity (Wildman–Crippen MR) is 112 cm³/mol. The third kappa shape index (κ3) is 2.94. The Morgan fingerprint density at radius 3 is 2.14 bits per heavy atom. The van der Waals surface area contributed by atoms with Crippen molar-refractivity contribution in [3.05, 3.63) is 72.4 Å². The average molecular weight is 370 g/mol. The molecule has 4 aromatic rings. The van der Waals surface area contributed by atoms with Crippen LogP contribution in [-0.4, -0.2) is 40.7 Å². The Morgan fingerprint density at radius 1 is 0.821 bits per heavy atom. The number of ether oxygens (including phenoxy) is 1. The van der Waals surface area contributed by atoms with Crippen molar-refractivity contribution < 1.29 is 4.74 Å². The van der Waals surface area contributed by atoms with Crippen molar-refractivity contribution in [2.75, 3.05) is 31.2 Å². The largest absolute Gasteiger partial charge is 0.378 e. The summed E-state index contributed by atoms with van der Waals surface area (Å²) in [5, 5.41) is 0. The van der Waals surface area contributed by atoms with Gasteiger partial charge in [0.15, 0.2) is 5.65 Å². The molecule has 0 atom stereocenters. The number of benzene rings is 2. The van der Waals surface area contributed by atoms with E-state index in [0.717, 1.165) is 66.1 Å².